The molecule has 154 valence electrons. The molecule has 1 aliphatic carbocycles. The van der Waals surface area contributed by atoms with Crippen LogP contribution in [-0.4, -0.2) is 5.16 Å². The molecule has 0 aliphatic heterocycles. The van der Waals surface area contributed by atoms with Crippen molar-refractivity contribution in [2.45, 2.75) is 32.1 Å². The Morgan fingerprint density at radius 2 is 1.48 bits per heavy atom. The Hall–Kier alpha value is -3.12. The molecule has 0 saturated heterocycles. The zero-order valence-corrected chi connectivity index (χ0v) is 17.8. The highest BCUT2D eigenvalue weighted by atomic mass is 32.1. The number of aliphatic imine (C=N–C) groups is 1. The van der Waals surface area contributed by atoms with Gasteiger partial charge in [-0.25, -0.2) is 8.78 Å². The number of rotatable bonds is 4. The molecule has 0 aromatic heterocycles. The van der Waals surface area contributed by atoms with Gasteiger partial charge in [-0.2, -0.15) is 4.99 Å². The summed E-state index contributed by atoms with van der Waals surface area (Å²) in [4.78, 5) is 3.50. The lowest BCUT2D eigenvalue weighted by Gasteiger charge is -2.09. The summed E-state index contributed by atoms with van der Waals surface area (Å²) in [6.07, 6.45) is 6.61. The first-order valence-corrected chi connectivity index (χ1v) is 10.8. The number of nitrogens with zero attached hydrogens (tertiary/aromatic N) is 1. The minimum atomic E-state index is -0.685. The van der Waals surface area contributed by atoms with E-state index in [-0.39, 0.29) is 11.3 Å². The highest BCUT2D eigenvalue weighted by molar-refractivity contribution is 7.78. The van der Waals surface area contributed by atoms with E-state index >= 15 is 0 Å². The molecule has 3 aromatic rings. The van der Waals surface area contributed by atoms with Gasteiger partial charge in [0, 0.05) is 11.6 Å². The lowest BCUT2D eigenvalue weighted by atomic mass is 9.96. The summed E-state index contributed by atoms with van der Waals surface area (Å²) < 4.78 is 28.0. The average molecular weight is 430 g/mol. The first-order valence-electron chi connectivity index (χ1n) is 10.4. The van der Waals surface area contributed by atoms with Crippen LogP contribution in [0.5, 0.6) is 0 Å². The number of hydrogen-bond donors (Lipinski definition) is 0. The lowest BCUT2D eigenvalue weighted by molar-refractivity contribution is 0.546. The minimum absolute atomic E-state index is 0.0252. The molecule has 1 nitrogen and oxygen atoms in total. The number of halogens is 2. The van der Waals surface area contributed by atoms with Crippen molar-refractivity contribution in [3.05, 3.63) is 89.0 Å². The van der Waals surface area contributed by atoms with E-state index in [1.165, 1.54) is 37.7 Å². The van der Waals surface area contributed by atoms with E-state index < -0.39 is 11.6 Å². The second-order valence-electron chi connectivity index (χ2n) is 7.87. The zero-order valence-electron chi connectivity index (χ0n) is 17.0. The van der Waals surface area contributed by atoms with Crippen LogP contribution in [0, 0.1) is 29.4 Å². The molecule has 0 radical (unpaired) electrons. The van der Waals surface area contributed by atoms with E-state index in [9.17, 15) is 8.78 Å². The predicted octanol–water partition coefficient (Wildman–Crippen LogP) is 7.50. The largest absolute Gasteiger partial charge is 0.206 e. The molecule has 4 rings (SSSR count). The Labute approximate surface area is 186 Å². The van der Waals surface area contributed by atoms with Gasteiger partial charge in [0.1, 0.15) is 11.5 Å². The maximum atomic E-state index is 14.1. The molecule has 4 heteroatoms. The number of thiocarbonyl (C=S) groups is 1. The third-order valence-corrected chi connectivity index (χ3v) is 5.81. The fourth-order valence-electron chi connectivity index (χ4n) is 4.03. The maximum absolute atomic E-state index is 14.1. The summed E-state index contributed by atoms with van der Waals surface area (Å²) in [7, 11) is 0. The van der Waals surface area contributed by atoms with Gasteiger partial charge in [-0.3, -0.25) is 0 Å². The van der Waals surface area contributed by atoms with Crippen molar-refractivity contribution in [3.63, 3.8) is 0 Å². The van der Waals surface area contributed by atoms with Crippen LogP contribution in [0.4, 0.5) is 14.5 Å². The fourth-order valence-corrected chi connectivity index (χ4v) is 4.13. The Morgan fingerprint density at radius 1 is 0.839 bits per heavy atom. The van der Waals surface area contributed by atoms with Crippen LogP contribution < -0.4 is 0 Å². The summed E-state index contributed by atoms with van der Waals surface area (Å²) in [6, 6.07) is 18.5. The van der Waals surface area contributed by atoms with Gasteiger partial charge >= 0.3 is 0 Å². The van der Waals surface area contributed by atoms with Crippen LogP contribution in [-0.2, 0) is 6.42 Å². The van der Waals surface area contributed by atoms with Crippen LogP contribution in [0.15, 0.2) is 65.7 Å². The molecule has 0 unspecified atom stereocenters. The van der Waals surface area contributed by atoms with Crippen molar-refractivity contribution in [3.8, 4) is 23.0 Å². The quantitative estimate of drug-likeness (QED) is 0.238. The first kappa shape index (κ1) is 21.1. The van der Waals surface area contributed by atoms with E-state index in [1.807, 2.05) is 29.4 Å². The predicted molar refractivity (Wildman–Crippen MR) is 125 cm³/mol. The molecule has 0 spiro atoms. The molecular formula is C27H21F2NS. The molecular weight excluding hydrogens is 408 g/mol. The smallest absolute Gasteiger partial charge is 0.151 e. The van der Waals surface area contributed by atoms with Gasteiger partial charge in [0.25, 0.3) is 0 Å². The average Bonchev–Trinajstić information content (AvgIpc) is 3.29. The lowest BCUT2D eigenvalue weighted by Crippen LogP contribution is -1.98. The third-order valence-electron chi connectivity index (χ3n) is 5.72. The van der Waals surface area contributed by atoms with E-state index in [2.05, 4.69) is 53.3 Å². The monoisotopic (exact) mass is 429 g/mol. The minimum Gasteiger partial charge on any atom is -0.206 e. The van der Waals surface area contributed by atoms with Gasteiger partial charge in [-0.15, -0.1) is 0 Å². The van der Waals surface area contributed by atoms with E-state index in [0.717, 1.165) is 34.7 Å². The van der Waals surface area contributed by atoms with Gasteiger partial charge in [0.05, 0.1) is 10.7 Å². The topological polar surface area (TPSA) is 12.4 Å². The molecule has 31 heavy (non-hydrogen) atoms. The van der Waals surface area contributed by atoms with Crippen LogP contribution in [0.25, 0.3) is 11.1 Å². The second kappa shape index (κ2) is 9.79. The van der Waals surface area contributed by atoms with E-state index in [0.29, 0.717) is 0 Å². The van der Waals surface area contributed by atoms with E-state index in [4.69, 9.17) is 0 Å². The molecule has 0 amide bonds. The summed E-state index contributed by atoms with van der Waals surface area (Å²) >= 11 is 4.43. The fraction of sp³-hybridized carbons (Fsp3) is 0.222. The normalized spacial score (nSPS) is 13.4. The molecule has 1 fully saturated rings. The van der Waals surface area contributed by atoms with Crippen LogP contribution in [0.3, 0.4) is 0 Å². The molecule has 0 N–H and O–H groups in total. The van der Waals surface area contributed by atoms with Gasteiger partial charge < -0.3 is 0 Å². The van der Waals surface area contributed by atoms with Gasteiger partial charge in [-0.1, -0.05) is 73.9 Å². The van der Waals surface area contributed by atoms with Gasteiger partial charge in [-0.05, 0) is 59.4 Å². The second-order valence-corrected chi connectivity index (χ2v) is 8.05. The summed E-state index contributed by atoms with van der Waals surface area (Å²) in [5.41, 5.74) is 4.16. The number of hydrogen-bond acceptors (Lipinski definition) is 2. The van der Waals surface area contributed by atoms with Crippen molar-refractivity contribution >= 4 is 23.1 Å². The Kier molecular flexibility index (Phi) is 6.67. The molecule has 0 atom stereocenters. The molecule has 1 saturated carbocycles. The summed E-state index contributed by atoms with van der Waals surface area (Å²) in [6.45, 7) is 0. The van der Waals surface area contributed by atoms with E-state index in [1.54, 1.807) is 0 Å². The van der Waals surface area contributed by atoms with Crippen molar-refractivity contribution in [1.29, 1.82) is 0 Å². The third kappa shape index (κ3) is 5.33. The highest BCUT2D eigenvalue weighted by Crippen LogP contribution is 2.29. The summed E-state index contributed by atoms with van der Waals surface area (Å²) in [5.74, 6) is 5.08. The van der Waals surface area contributed by atoms with Crippen molar-refractivity contribution < 1.29 is 8.78 Å². The molecule has 3 aromatic carbocycles. The zero-order chi connectivity index (χ0) is 21.6. The number of isothiocyanates is 1. The Morgan fingerprint density at radius 3 is 2.13 bits per heavy atom. The highest BCUT2D eigenvalue weighted by Gasteiger charge is 2.15. The molecule has 0 heterocycles. The SMILES string of the molecule is Fc1cc(N=C=S)c(F)cc1C#Cc1ccc(-c2ccc(CC3CCCC3)cc2)cc1. The maximum Gasteiger partial charge on any atom is 0.151 e. The Balaban J connectivity index is 1.47. The van der Waals surface area contributed by atoms with Crippen LogP contribution in [0.1, 0.15) is 42.4 Å². The standard InChI is InChI=1S/C27H21F2NS/c28-25-17-27(30-18-31)26(29)16-24(25)14-7-19-5-10-22(11-6-19)23-12-8-21(9-13-23)15-20-3-1-2-4-20/h5-6,8-13,16-17,20H,1-4,15H2. The number of benzene rings is 3. The van der Waals surface area contributed by atoms with Gasteiger partial charge in [0.2, 0.25) is 0 Å². The molecule has 1 aliphatic rings. The first-order chi connectivity index (χ1) is 15.1. The summed E-state index contributed by atoms with van der Waals surface area (Å²) in [5, 5.41) is 2.03. The van der Waals surface area contributed by atoms with Gasteiger partial charge in [0.15, 0.2) is 5.82 Å². The van der Waals surface area contributed by atoms with Crippen LogP contribution in [0.2, 0.25) is 0 Å². The van der Waals surface area contributed by atoms with Crippen molar-refractivity contribution in [1.82, 2.24) is 0 Å². The Bertz CT molecular complexity index is 1170. The van der Waals surface area contributed by atoms with Crippen molar-refractivity contribution in [2.75, 3.05) is 0 Å². The molecule has 0 bridgehead atoms. The van der Waals surface area contributed by atoms with Crippen LogP contribution >= 0.6 is 12.2 Å². The van der Waals surface area contributed by atoms with Crippen molar-refractivity contribution in [2.24, 2.45) is 10.9 Å².